The Morgan fingerprint density at radius 3 is 2.25 bits per heavy atom. The lowest BCUT2D eigenvalue weighted by molar-refractivity contribution is 0.0601. The van der Waals surface area contributed by atoms with Crippen molar-refractivity contribution >= 4 is 17.3 Å². The fourth-order valence-electron chi connectivity index (χ4n) is 1.96. The van der Waals surface area contributed by atoms with E-state index >= 15 is 0 Å². The zero-order valence-corrected chi connectivity index (χ0v) is 11.7. The molecule has 0 aromatic heterocycles. The van der Waals surface area contributed by atoms with Gasteiger partial charge in [-0.2, -0.15) is 0 Å². The van der Waals surface area contributed by atoms with E-state index in [1.165, 1.54) is 12.7 Å². The maximum Gasteiger partial charge on any atom is 0.337 e. The summed E-state index contributed by atoms with van der Waals surface area (Å²) in [6.45, 7) is 0.776. The number of methoxy groups -OCH3 is 1. The molecule has 4 nitrogen and oxygen atoms in total. The van der Waals surface area contributed by atoms with E-state index in [0.717, 1.165) is 17.9 Å². The highest BCUT2D eigenvalue weighted by molar-refractivity contribution is 5.89. The van der Waals surface area contributed by atoms with E-state index in [2.05, 4.69) is 9.64 Å². The highest BCUT2D eigenvalue weighted by atomic mass is 16.5. The number of esters is 1. The second-order valence-corrected chi connectivity index (χ2v) is 4.64. The Balaban J connectivity index is 2.07. The van der Waals surface area contributed by atoms with Crippen LogP contribution >= 0.6 is 0 Å². The third-order valence-corrected chi connectivity index (χ3v) is 3.13. The van der Waals surface area contributed by atoms with Crippen LogP contribution in [0, 0.1) is 0 Å². The third kappa shape index (κ3) is 3.29. The van der Waals surface area contributed by atoms with Crippen LogP contribution in [0.4, 0.5) is 11.4 Å². The van der Waals surface area contributed by atoms with Gasteiger partial charge in [0.25, 0.3) is 0 Å². The molecule has 0 heterocycles. The summed E-state index contributed by atoms with van der Waals surface area (Å²) in [5.74, 6) is -0.322. The van der Waals surface area contributed by atoms with Crippen molar-refractivity contribution in [1.82, 2.24) is 0 Å². The highest BCUT2D eigenvalue weighted by Gasteiger charge is 2.06. The Morgan fingerprint density at radius 1 is 1.10 bits per heavy atom. The maximum atomic E-state index is 11.4. The van der Waals surface area contributed by atoms with Crippen LogP contribution < -0.4 is 10.6 Å². The first-order valence-electron chi connectivity index (χ1n) is 6.34. The maximum absolute atomic E-state index is 11.4. The molecule has 20 heavy (non-hydrogen) atoms. The first kappa shape index (κ1) is 13.9. The number of ether oxygens (including phenoxy) is 1. The molecule has 0 aliphatic rings. The summed E-state index contributed by atoms with van der Waals surface area (Å²) in [5, 5.41) is 0. The summed E-state index contributed by atoms with van der Waals surface area (Å²) in [7, 11) is 3.38. The van der Waals surface area contributed by atoms with Gasteiger partial charge in [0.2, 0.25) is 0 Å². The lowest BCUT2D eigenvalue weighted by Gasteiger charge is -2.19. The Kier molecular flexibility index (Phi) is 4.25. The van der Waals surface area contributed by atoms with Gasteiger partial charge in [0, 0.05) is 25.0 Å². The van der Waals surface area contributed by atoms with Gasteiger partial charge >= 0.3 is 5.97 Å². The molecule has 0 atom stereocenters. The second kappa shape index (κ2) is 6.10. The number of nitrogens with two attached hydrogens (primary N) is 1. The van der Waals surface area contributed by atoms with Crippen molar-refractivity contribution in [3.63, 3.8) is 0 Å². The molecule has 0 unspecified atom stereocenters. The van der Waals surface area contributed by atoms with E-state index in [9.17, 15) is 4.79 Å². The molecule has 0 aliphatic carbocycles. The van der Waals surface area contributed by atoms with Crippen LogP contribution in [0.1, 0.15) is 15.9 Å². The van der Waals surface area contributed by atoms with E-state index < -0.39 is 0 Å². The minimum absolute atomic E-state index is 0.322. The van der Waals surface area contributed by atoms with E-state index in [-0.39, 0.29) is 5.97 Å². The van der Waals surface area contributed by atoms with Gasteiger partial charge in [0.1, 0.15) is 0 Å². The molecule has 0 bridgehead atoms. The van der Waals surface area contributed by atoms with Crippen LogP contribution in [0.5, 0.6) is 0 Å². The zero-order chi connectivity index (χ0) is 14.5. The largest absolute Gasteiger partial charge is 0.465 e. The molecule has 0 radical (unpaired) electrons. The minimum Gasteiger partial charge on any atom is -0.465 e. The van der Waals surface area contributed by atoms with Crippen LogP contribution in [0.3, 0.4) is 0 Å². The molecule has 0 fully saturated rings. The summed E-state index contributed by atoms with van der Waals surface area (Å²) >= 11 is 0. The number of carbonyl (C=O) groups excluding carboxylic acids is 1. The number of benzene rings is 2. The van der Waals surface area contributed by atoms with Crippen molar-refractivity contribution in [3.8, 4) is 0 Å². The predicted molar refractivity (Wildman–Crippen MR) is 80.7 cm³/mol. The normalized spacial score (nSPS) is 10.1. The molecular weight excluding hydrogens is 252 g/mol. The third-order valence-electron chi connectivity index (χ3n) is 3.13. The first-order chi connectivity index (χ1) is 9.60. The summed E-state index contributed by atoms with van der Waals surface area (Å²) in [6.07, 6.45) is 0. The van der Waals surface area contributed by atoms with Gasteiger partial charge in [0.05, 0.1) is 12.7 Å². The molecule has 2 N–H and O–H groups in total. The SMILES string of the molecule is COC(=O)c1ccc(N(C)Cc2ccc(N)cc2)cc1. The topological polar surface area (TPSA) is 55.6 Å². The standard InChI is InChI=1S/C16H18N2O2/c1-18(11-12-3-7-14(17)8-4-12)15-9-5-13(6-10-15)16(19)20-2/h3-10H,11,17H2,1-2H3. The van der Waals surface area contributed by atoms with Crippen LogP contribution in [0.15, 0.2) is 48.5 Å². The lowest BCUT2D eigenvalue weighted by Crippen LogP contribution is -2.16. The molecule has 0 aliphatic heterocycles. The second-order valence-electron chi connectivity index (χ2n) is 4.64. The zero-order valence-electron chi connectivity index (χ0n) is 11.7. The van der Waals surface area contributed by atoms with Crippen molar-refractivity contribution in [1.29, 1.82) is 0 Å². The number of carbonyl (C=O) groups is 1. The van der Waals surface area contributed by atoms with E-state index in [1.54, 1.807) is 12.1 Å². The molecular formula is C16H18N2O2. The Morgan fingerprint density at radius 2 is 1.70 bits per heavy atom. The summed E-state index contributed by atoms with van der Waals surface area (Å²) < 4.78 is 4.68. The number of anilines is 2. The average molecular weight is 270 g/mol. The van der Waals surface area contributed by atoms with Crippen LogP contribution in [0.2, 0.25) is 0 Å². The summed E-state index contributed by atoms with van der Waals surface area (Å²) in [4.78, 5) is 13.5. The number of hydrogen-bond donors (Lipinski definition) is 1. The smallest absolute Gasteiger partial charge is 0.337 e. The van der Waals surface area contributed by atoms with Crippen LogP contribution in [0.25, 0.3) is 0 Å². The van der Waals surface area contributed by atoms with Gasteiger partial charge in [-0.1, -0.05) is 12.1 Å². The number of hydrogen-bond acceptors (Lipinski definition) is 4. The Labute approximate surface area is 118 Å². The molecule has 104 valence electrons. The quantitative estimate of drug-likeness (QED) is 0.685. The van der Waals surface area contributed by atoms with E-state index in [0.29, 0.717) is 5.56 Å². The monoisotopic (exact) mass is 270 g/mol. The predicted octanol–water partition coefficient (Wildman–Crippen LogP) is 2.69. The Hall–Kier alpha value is -2.49. The van der Waals surface area contributed by atoms with E-state index in [4.69, 9.17) is 5.73 Å². The van der Waals surface area contributed by atoms with Gasteiger partial charge in [0.15, 0.2) is 0 Å². The first-order valence-corrected chi connectivity index (χ1v) is 6.34. The average Bonchev–Trinajstić information content (AvgIpc) is 2.49. The molecule has 0 saturated carbocycles. The van der Waals surface area contributed by atoms with Gasteiger partial charge in [-0.15, -0.1) is 0 Å². The molecule has 2 rings (SSSR count). The van der Waals surface area contributed by atoms with Crippen molar-refractivity contribution < 1.29 is 9.53 Å². The molecule has 0 saturated heterocycles. The molecule has 0 amide bonds. The summed E-state index contributed by atoms with van der Waals surface area (Å²) in [5.41, 5.74) is 9.20. The van der Waals surface area contributed by atoms with Gasteiger partial charge in [-0.25, -0.2) is 4.79 Å². The number of nitrogens with zero attached hydrogens (tertiary/aromatic N) is 1. The van der Waals surface area contributed by atoms with Crippen LogP contribution in [-0.2, 0) is 11.3 Å². The van der Waals surface area contributed by atoms with Crippen molar-refractivity contribution in [3.05, 3.63) is 59.7 Å². The van der Waals surface area contributed by atoms with E-state index in [1.807, 2.05) is 43.4 Å². The van der Waals surface area contributed by atoms with Gasteiger partial charge < -0.3 is 15.4 Å². The number of nitrogen functional groups attached to an aromatic ring is 1. The fraction of sp³-hybridized carbons (Fsp3) is 0.188. The molecule has 2 aromatic carbocycles. The molecule has 4 heteroatoms. The fourth-order valence-corrected chi connectivity index (χ4v) is 1.96. The van der Waals surface area contributed by atoms with Gasteiger partial charge in [-0.05, 0) is 42.0 Å². The van der Waals surface area contributed by atoms with Crippen LogP contribution in [-0.4, -0.2) is 20.1 Å². The number of rotatable bonds is 4. The molecule has 2 aromatic rings. The van der Waals surface area contributed by atoms with Crippen molar-refractivity contribution in [2.45, 2.75) is 6.54 Å². The minimum atomic E-state index is -0.322. The Bertz CT molecular complexity index is 576. The summed E-state index contributed by atoms with van der Waals surface area (Å²) in [6, 6.07) is 15.1. The van der Waals surface area contributed by atoms with Crippen molar-refractivity contribution in [2.24, 2.45) is 0 Å². The van der Waals surface area contributed by atoms with Crippen molar-refractivity contribution in [2.75, 3.05) is 24.8 Å². The van der Waals surface area contributed by atoms with Gasteiger partial charge in [-0.3, -0.25) is 0 Å². The lowest BCUT2D eigenvalue weighted by atomic mass is 10.1. The molecule has 0 spiro atoms. The highest BCUT2D eigenvalue weighted by Crippen LogP contribution is 2.17.